The summed E-state index contributed by atoms with van der Waals surface area (Å²) in [7, 11) is 0. The molecule has 5 nitrogen and oxygen atoms in total. The van der Waals surface area contributed by atoms with Gasteiger partial charge in [-0.25, -0.2) is 0 Å². The number of aryl methyl sites for hydroxylation is 2. The van der Waals surface area contributed by atoms with Crippen LogP contribution in [0.4, 0.5) is 5.82 Å². The van der Waals surface area contributed by atoms with E-state index in [1.54, 1.807) is 0 Å². The molecular weight excluding hydrogens is 312 g/mol. The number of carbonyl (C=O) groups excluding carboxylic acids is 1. The van der Waals surface area contributed by atoms with E-state index in [0.717, 1.165) is 37.2 Å². The van der Waals surface area contributed by atoms with Crippen LogP contribution in [0.15, 0.2) is 24.3 Å². The molecule has 6 heteroatoms. The Labute approximate surface area is 142 Å². The number of hydrogen-bond acceptors (Lipinski definition) is 3. The first-order valence-corrected chi connectivity index (χ1v) is 7.77. The van der Waals surface area contributed by atoms with Crippen molar-refractivity contribution in [2.24, 2.45) is 5.92 Å². The molecule has 0 spiro atoms. The highest BCUT2D eigenvalue weighted by molar-refractivity contribution is 5.92. The summed E-state index contributed by atoms with van der Waals surface area (Å²) in [6.07, 6.45) is 1.78. The molecule has 1 amide bonds. The van der Waals surface area contributed by atoms with Crippen LogP contribution in [0.3, 0.4) is 0 Å². The first kappa shape index (κ1) is 17.5. The monoisotopic (exact) mass is 334 g/mol. The van der Waals surface area contributed by atoms with Gasteiger partial charge in [0.1, 0.15) is 0 Å². The van der Waals surface area contributed by atoms with Gasteiger partial charge in [0, 0.05) is 17.5 Å². The predicted octanol–water partition coefficient (Wildman–Crippen LogP) is 3.05. The van der Waals surface area contributed by atoms with Gasteiger partial charge in [-0.1, -0.05) is 17.2 Å². The van der Waals surface area contributed by atoms with Crippen molar-refractivity contribution in [3.8, 4) is 11.3 Å². The zero-order valence-corrected chi connectivity index (χ0v) is 14.3. The maximum atomic E-state index is 12.2. The van der Waals surface area contributed by atoms with Crippen molar-refractivity contribution in [2.75, 3.05) is 18.4 Å². The lowest BCUT2D eigenvalue weighted by Gasteiger charge is -2.21. The number of anilines is 1. The quantitative estimate of drug-likeness (QED) is 0.808. The summed E-state index contributed by atoms with van der Waals surface area (Å²) in [5.74, 6) is 0.750. The van der Waals surface area contributed by atoms with E-state index >= 15 is 0 Å². The van der Waals surface area contributed by atoms with Crippen molar-refractivity contribution < 1.29 is 4.79 Å². The van der Waals surface area contributed by atoms with Crippen LogP contribution in [0, 0.1) is 19.8 Å². The number of carbonyl (C=O) groups is 1. The summed E-state index contributed by atoms with van der Waals surface area (Å²) in [5.41, 5.74) is 4.44. The van der Waals surface area contributed by atoms with E-state index < -0.39 is 0 Å². The predicted molar refractivity (Wildman–Crippen MR) is 95.0 cm³/mol. The van der Waals surface area contributed by atoms with E-state index in [4.69, 9.17) is 0 Å². The molecule has 1 aromatic carbocycles. The molecule has 124 valence electrons. The van der Waals surface area contributed by atoms with Crippen molar-refractivity contribution >= 4 is 24.1 Å². The third-order valence-corrected chi connectivity index (χ3v) is 4.07. The Balaban J connectivity index is 0.00000192. The van der Waals surface area contributed by atoms with E-state index in [0.29, 0.717) is 5.82 Å². The smallest absolute Gasteiger partial charge is 0.228 e. The lowest BCUT2D eigenvalue weighted by atomic mass is 9.97. The number of aromatic nitrogens is 2. The Morgan fingerprint density at radius 2 is 1.78 bits per heavy atom. The first-order chi connectivity index (χ1) is 10.6. The molecule has 3 rings (SSSR count). The molecule has 0 saturated carbocycles. The number of aromatic amines is 1. The highest BCUT2D eigenvalue weighted by Gasteiger charge is 2.21. The van der Waals surface area contributed by atoms with E-state index in [9.17, 15) is 4.79 Å². The fraction of sp³-hybridized carbons (Fsp3) is 0.412. The van der Waals surface area contributed by atoms with Crippen LogP contribution in [0.5, 0.6) is 0 Å². The highest BCUT2D eigenvalue weighted by atomic mass is 35.5. The molecule has 0 aliphatic carbocycles. The van der Waals surface area contributed by atoms with E-state index in [1.165, 1.54) is 11.1 Å². The molecule has 3 N–H and O–H groups in total. The zero-order valence-electron chi connectivity index (χ0n) is 13.5. The lowest BCUT2D eigenvalue weighted by molar-refractivity contribution is -0.120. The first-order valence-electron chi connectivity index (χ1n) is 7.77. The molecule has 2 aromatic rings. The summed E-state index contributed by atoms with van der Waals surface area (Å²) in [5, 5.41) is 13.4. The molecule has 1 saturated heterocycles. The Hall–Kier alpha value is -1.85. The minimum Gasteiger partial charge on any atom is -0.317 e. The van der Waals surface area contributed by atoms with Crippen molar-refractivity contribution in [1.82, 2.24) is 15.5 Å². The average molecular weight is 335 g/mol. The van der Waals surface area contributed by atoms with E-state index in [1.807, 2.05) is 6.07 Å². The summed E-state index contributed by atoms with van der Waals surface area (Å²) in [6.45, 7) is 5.97. The van der Waals surface area contributed by atoms with Crippen LogP contribution in [-0.4, -0.2) is 29.2 Å². The van der Waals surface area contributed by atoms with Crippen LogP contribution >= 0.6 is 12.4 Å². The molecule has 0 bridgehead atoms. The Bertz CT molecular complexity index is 657. The number of piperidine rings is 1. The zero-order chi connectivity index (χ0) is 15.5. The van der Waals surface area contributed by atoms with Gasteiger partial charge < -0.3 is 10.6 Å². The van der Waals surface area contributed by atoms with Crippen LogP contribution in [0.25, 0.3) is 11.3 Å². The van der Waals surface area contributed by atoms with Gasteiger partial charge in [-0.2, -0.15) is 5.10 Å². The summed E-state index contributed by atoms with van der Waals surface area (Å²) in [4.78, 5) is 12.2. The molecule has 0 atom stereocenters. The lowest BCUT2D eigenvalue weighted by Crippen LogP contribution is -2.34. The second-order valence-electron chi connectivity index (χ2n) is 6.06. The number of rotatable bonds is 3. The van der Waals surface area contributed by atoms with E-state index in [2.05, 4.69) is 52.9 Å². The molecular formula is C17H23ClN4O. The molecule has 2 heterocycles. The molecule has 0 radical (unpaired) electrons. The van der Waals surface area contributed by atoms with Crippen LogP contribution in [-0.2, 0) is 4.79 Å². The summed E-state index contributed by atoms with van der Waals surface area (Å²) in [6, 6.07) is 8.25. The van der Waals surface area contributed by atoms with Gasteiger partial charge in [-0.05, 0) is 51.9 Å². The Morgan fingerprint density at radius 3 is 2.43 bits per heavy atom. The molecule has 1 aliphatic heterocycles. The second kappa shape index (κ2) is 7.62. The highest BCUT2D eigenvalue weighted by Crippen LogP contribution is 2.23. The van der Waals surface area contributed by atoms with Gasteiger partial charge in [0.05, 0.1) is 5.69 Å². The third-order valence-electron chi connectivity index (χ3n) is 4.07. The largest absolute Gasteiger partial charge is 0.317 e. The SMILES string of the molecule is Cc1cc(C)cc(-c2cc(NC(=O)C3CCNCC3)n[nH]2)c1.Cl. The van der Waals surface area contributed by atoms with Gasteiger partial charge in [0.15, 0.2) is 5.82 Å². The normalized spacial score (nSPS) is 15.0. The van der Waals surface area contributed by atoms with Crippen LogP contribution in [0.2, 0.25) is 0 Å². The van der Waals surface area contributed by atoms with Gasteiger partial charge in [0.25, 0.3) is 0 Å². The molecule has 1 fully saturated rings. The fourth-order valence-corrected chi connectivity index (χ4v) is 2.98. The van der Waals surface area contributed by atoms with Gasteiger partial charge in [0.2, 0.25) is 5.91 Å². The van der Waals surface area contributed by atoms with Crippen molar-refractivity contribution in [3.05, 3.63) is 35.4 Å². The standard InChI is InChI=1S/C17H22N4O.ClH/c1-11-7-12(2)9-14(8-11)15-10-16(21-20-15)19-17(22)13-3-5-18-6-4-13;/h7-10,13,18H,3-6H2,1-2H3,(H2,19,20,21,22);1H. The maximum absolute atomic E-state index is 12.2. The number of nitrogens with one attached hydrogen (secondary N) is 3. The maximum Gasteiger partial charge on any atom is 0.228 e. The number of benzene rings is 1. The van der Waals surface area contributed by atoms with Gasteiger partial charge >= 0.3 is 0 Å². The molecule has 1 aliphatic rings. The number of halogens is 1. The topological polar surface area (TPSA) is 69.8 Å². The van der Waals surface area contributed by atoms with Gasteiger partial charge in [-0.15, -0.1) is 12.4 Å². The van der Waals surface area contributed by atoms with Gasteiger partial charge in [-0.3, -0.25) is 9.89 Å². The third kappa shape index (κ3) is 4.33. The van der Waals surface area contributed by atoms with Crippen LogP contribution < -0.4 is 10.6 Å². The molecule has 1 aromatic heterocycles. The van der Waals surface area contributed by atoms with Crippen molar-refractivity contribution in [2.45, 2.75) is 26.7 Å². The fourth-order valence-electron chi connectivity index (χ4n) is 2.98. The number of hydrogen-bond donors (Lipinski definition) is 3. The van der Waals surface area contributed by atoms with Crippen LogP contribution in [0.1, 0.15) is 24.0 Å². The van der Waals surface area contributed by atoms with Crippen molar-refractivity contribution in [1.29, 1.82) is 0 Å². The Morgan fingerprint density at radius 1 is 1.13 bits per heavy atom. The number of H-pyrrole nitrogens is 1. The van der Waals surface area contributed by atoms with E-state index in [-0.39, 0.29) is 24.2 Å². The molecule has 0 unspecified atom stereocenters. The molecule has 23 heavy (non-hydrogen) atoms. The summed E-state index contributed by atoms with van der Waals surface area (Å²) >= 11 is 0. The summed E-state index contributed by atoms with van der Waals surface area (Å²) < 4.78 is 0. The second-order valence-corrected chi connectivity index (χ2v) is 6.06. The van der Waals surface area contributed by atoms with Crippen molar-refractivity contribution in [3.63, 3.8) is 0 Å². The number of amides is 1. The minimum absolute atomic E-state index is 0. The number of nitrogens with zero attached hydrogens (tertiary/aromatic N) is 1. The minimum atomic E-state index is 0. The average Bonchev–Trinajstić information content (AvgIpc) is 2.96. The Kier molecular flexibility index (Phi) is 5.80.